The van der Waals surface area contributed by atoms with E-state index in [0.29, 0.717) is 11.5 Å². The third kappa shape index (κ3) is 3.42. The fourth-order valence-corrected chi connectivity index (χ4v) is 5.38. The van der Waals surface area contributed by atoms with Crippen LogP contribution in [0.3, 0.4) is 0 Å². The largest absolute Gasteiger partial charge is 0.478 e. The molecule has 2 heterocycles. The molecule has 0 saturated heterocycles. The highest BCUT2D eigenvalue weighted by Gasteiger charge is 2.23. The minimum atomic E-state index is -3.87. The number of carboxylic acids is 1. The highest BCUT2D eigenvalue weighted by Crippen LogP contribution is 2.36. The van der Waals surface area contributed by atoms with Crippen molar-refractivity contribution in [2.24, 2.45) is 0 Å². The lowest BCUT2D eigenvalue weighted by Crippen LogP contribution is -2.14. The smallest absolute Gasteiger partial charge is 0.335 e. The van der Waals surface area contributed by atoms with E-state index in [1.165, 1.54) is 29.7 Å². The molecule has 0 amide bonds. The zero-order valence-electron chi connectivity index (χ0n) is 14.5. The van der Waals surface area contributed by atoms with Crippen LogP contribution < -0.4 is 4.72 Å². The number of pyridine rings is 1. The van der Waals surface area contributed by atoms with Crippen LogP contribution in [0.25, 0.3) is 10.1 Å². The number of aromatic nitrogens is 1. The summed E-state index contributed by atoms with van der Waals surface area (Å²) in [7, 11) is -3.87. The summed E-state index contributed by atoms with van der Waals surface area (Å²) in [5.41, 5.74) is 1.79. The van der Waals surface area contributed by atoms with Gasteiger partial charge in [0.1, 0.15) is 10.0 Å². The van der Waals surface area contributed by atoms with Crippen LogP contribution in [-0.4, -0.2) is 24.5 Å². The SMILES string of the molecule is Cc1c(S(=O)(=O)Nc2cc(C(=O)O)ccn2)sc2ccc(C(C)C)cc12. The maximum absolute atomic E-state index is 12.8. The second kappa shape index (κ2) is 6.69. The van der Waals surface area contributed by atoms with E-state index in [2.05, 4.69) is 23.6 Å². The molecule has 0 aliphatic carbocycles. The fourth-order valence-electron chi connectivity index (χ4n) is 2.63. The minimum Gasteiger partial charge on any atom is -0.478 e. The summed E-state index contributed by atoms with van der Waals surface area (Å²) in [4.78, 5) is 14.9. The summed E-state index contributed by atoms with van der Waals surface area (Å²) < 4.78 is 29.1. The lowest BCUT2D eigenvalue weighted by Gasteiger charge is -2.07. The molecular formula is C18H18N2O4S2. The molecule has 8 heteroatoms. The van der Waals surface area contributed by atoms with Gasteiger partial charge >= 0.3 is 5.97 Å². The molecule has 0 aliphatic rings. The number of aromatic carboxylic acids is 1. The van der Waals surface area contributed by atoms with Gasteiger partial charge in [-0.15, -0.1) is 11.3 Å². The van der Waals surface area contributed by atoms with Gasteiger partial charge in [-0.25, -0.2) is 18.2 Å². The highest BCUT2D eigenvalue weighted by molar-refractivity contribution is 7.94. The van der Waals surface area contributed by atoms with E-state index >= 15 is 0 Å². The van der Waals surface area contributed by atoms with Crippen molar-refractivity contribution in [3.63, 3.8) is 0 Å². The summed E-state index contributed by atoms with van der Waals surface area (Å²) in [6, 6.07) is 8.46. The molecule has 3 rings (SSSR count). The molecule has 6 nitrogen and oxygen atoms in total. The van der Waals surface area contributed by atoms with E-state index in [0.717, 1.165) is 15.6 Å². The second-order valence-corrected chi connectivity index (χ2v) is 9.20. The maximum atomic E-state index is 12.8. The predicted molar refractivity (Wildman–Crippen MR) is 103 cm³/mol. The Kier molecular flexibility index (Phi) is 4.72. The molecule has 0 atom stereocenters. The van der Waals surface area contributed by atoms with Crippen molar-refractivity contribution in [3.05, 3.63) is 53.2 Å². The second-order valence-electron chi connectivity index (χ2n) is 6.27. The highest BCUT2D eigenvalue weighted by atomic mass is 32.2. The number of carboxylic acid groups (broad SMARTS) is 1. The number of carbonyl (C=O) groups is 1. The molecular weight excluding hydrogens is 372 g/mol. The van der Waals surface area contributed by atoms with Crippen molar-refractivity contribution in [1.82, 2.24) is 4.98 Å². The van der Waals surface area contributed by atoms with Crippen molar-refractivity contribution >= 4 is 43.2 Å². The molecule has 26 heavy (non-hydrogen) atoms. The van der Waals surface area contributed by atoms with Crippen LogP contribution in [0.5, 0.6) is 0 Å². The number of nitrogens with one attached hydrogen (secondary N) is 1. The standard InChI is InChI=1S/C18H18N2O4S2/c1-10(2)12-4-5-15-14(8-12)11(3)18(25-15)26(23,24)20-16-9-13(17(21)22)6-7-19-16/h4-10H,1-3H3,(H,19,20)(H,21,22). The van der Waals surface area contributed by atoms with Gasteiger partial charge in [0, 0.05) is 10.9 Å². The Morgan fingerprint density at radius 2 is 1.96 bits per heavy atom. The van der Waals surface area contributed by atoms with Crippen molar-refractivity contribution in [3.8, 4) is 0 Å². The average Bonchev–Trinajstić information content (AvgIpc) is 2.92. The number of benzene rings is 1. The quantitative estimate of drug-likeness (QED) is 0.680. The van der Waals surface area contributed by atoms with Gasteiger partial charge < -0.3 is 5.11 Å². The van der Waals surface area contributed by atoms with Gasteiger partial charge in [-0.05, 0) is 53.6 Å². The van der Waals surface area contributed by atoms with E-state index in [4.69, 9.17) is 5.11 Å². The number of thiophene rings is 1. The topological polar surface area (TPSA) is 96.4 Å². The van der Waals surface area contributed by atoms with Crippen LogP contribution in [0, 0.1) is 6.92 Å². The van der Waals surface area contributed by atoms with Crippen LogP contribution in [0.15, 0.2) is 40.7 Å². The third-order valence-electron chi connectivity index (χ3n) is 4.07. The lowest BCUT2D eigenvalue weighted by atomic mass is 10.0. The summed E-state index contributed by atoms with van der Waals surface area (Å²) in [6.45, 7) is 5.95. The van der Waals surface area contributed by atoms with Crippen LogP contribution >= 0.6 is 11.3 Å². The number of rotatable bonds is 5. The van der Waals surface area contributed by atoms with E-state index < -0.39 is 16.0 Å². The molecule has 0 spiro atoms. The number of hydrogen-bond donors (Lipinski definition) is 2. The Morgan fingerprint density at radius 1 is 1.23 bits per heavy atom. The number of anilines is 1. The van der Waals surface area contributed by atoms with Gasteiger partial charge in [0.25, 0.3) is 10.0 Å². The lowest BCUT2D eigenvalue weighted by molar-refractivity contribution is 0.0696. The molecule has 0 bridgehead atoms. The van der Waals surface area contributed by atoms with Crippen molar-refractivity contribution in [1.29, 1.82) is 0 Å². The first-order chi connectivity index (χ1) is 12.2. The molecule has 0 saturated carbocycles. The zero-order valence-corrected chi connectivity index (χ0v) is 16.1. The van der Waals surface area contributed by atoms with Gasteiger partial charge in [-0.3, -0.25) is 4.72 Å². The molecule has 2 aromatic heterocycles. The molecule has 136 valence electrons. The van der Waals surface area contributed by atoms with Crippen LogP contribution in [0.4, 0.5) is 5.82 Å². The molecule has 0 unspecified atom stereocenters. The van der Waals surface area contributed by atoms with Gasteiger partial charge in [0.2, 0.25) is 0 Å². The number of nitrogens with zero attached hydrogens (tertiary/aromatic N) is 1. The van der Waals surface area contributed by atoms with E-state index in [-0.39, 0.29) is 15.6 Å². The van der Waals surface area contributed by atoms with E-state index in [9.17, 15) is 13.2 Å². The third-order valence-corrected chi connectivity index (χ3v) is 7.32. The monoisotopic (exact) mass is 390 g/mol. The Hall–Kier alpha value is -2.45. The normalized spacial score (nSPS) is 11.8. The maximum Gasteiger partial charge on any atom is 0.335 e. The van der Waals surface area contributed by atoms with Crippen molar-refractivity contribution in [2.45, 2.75) is 30.9 Å². The molecule has 0 fully saturated rings. The van der Waals surface area contributed by atoms with Gasteiger partial charge in [-0.2, -0.15) is 0 Å². The molecule has 1 aromatic carbocycles. The Morgan fingerprint density at radius 3 is 2.62 bits per heavy atom. The fraction of sp³-hybridized carbons (Fsp3) is 0.222. The first-order valence-electron chi connectivity index (χ1n) is 7.94. The van der Waals surface area contributed by atoms with Crippen LogP contribution in [0.2, 0.25) is 0 Å². The summed E-state index contributed by atoms with van der Waals surface area (Å²) in [5.74, 6) is -0.823. The molecule has 2 N–H and O–H groups in total. The average molecular weight is 390 g/mol. The number of aryl methyl sites for hydroxylation is 1. The zero-order chi connectivity index (χ0) is 19.1. The molecule has 3 aromatic rings. The number of hydrogen-bond acceptors (Lipinski definition) is 5. The minimum absolute atomic E-state index is 0.0235. The Balaban J connectivity index is 2.03. The number of fused-ring (bicyclic) bond motifs is 1. The molecule has 0 aliphatic heterocycles. The first-order valence-corrected chi connectivity index (χ1v) is 10.2. The van der Waals surface area contributed by atoms with Crippen molar-refractivity contribution < 1.29 is 18.3 Å². The van der Waals surface area contributed by atoms with Gasteiger partial charge in [-0.1, -0.05) is 19.9 Å². The first kappa shape index (κ1) is 18.3. The van der Waals surface area contributed by atoms with E-state index in [1.54, 1.807) is 6.92 Å². The van der Waals surface area contributed by atoms with Crippen molar-refractivity contribution in [2.75, 3.05) is 4.72 Å². The Bertz CT molecular complexity index is 1100. The van der Waals surface area contributed by atoms with Gasteiger partial charge in [0.05, 0.1) is 5.56 Å². The van der Waals surface area contributed by atoms with Crippen LogP contribution in [0.1, 0.15) is 41.3 Å². The molecule has 0 radical (unpaired) electrons. The van der Waals surface area contributed by atoms with Crippen LogP contribution in [-0.2, 0) is 10.0 Å². The summed E-state index contributed by atoms with van der Waals surface area (Å²) in [6.07, 6.45) is 1.26. The number of sulfonamides is 1. The van der Waals surface area contributed by atoms with Gasteiger partial charge in [0.15, 0.2) is 0 Å². The predicted octanol–water partition coefficient (Wildman–Crippen LogP) is 4.23. The Labute approximate surface area is 155 Å². The summed E-state index contributed by atoms with van der Waals surface area (Å²) >= 11 is 1.19. The summed E-state index contributed by atoms with van der Waals surface area (Å²) in [5, 5.41) is 9.94. The van der Waals surface area contributed by atoms with E-state index in [1.807, 2.05) is 18.2 Å².